The normalized spacial score (nSPS) is 12.8. The van der Waals surface area contributed by atoms with E-state index < -0.39 is 0 Å². The van der Waals surface area contributed by atoms with Gasteiger partial charge in [-0.1, -0.05) is 43.3 Å². The molecule has 23 heavy (non-hydrogen) atoms. The third-order valence-corrected chi connectivity index (χ3v) is 5.16. The van der Waals surface area contributed by atoms with Crippen LogP contribution in [0.2, 0.25) is 0 Å². The van der Waals surface area contributed by atoms with Crippen molar-refractivity contribution in [3.63, 3.8) is 0 Å². The predicted molar refractivity (Wildman–Crippen MR) is 100 cm³/mol. The van der Waals surface area contributed by atoms with Crippen LogP contribution in [0.1, 0.15) is 25.8 Å². The van der Waals surface area contributed by atoms with Crippen molar-refractivity contribution in [1.29, 1.82) is 0 Å². The van der Waals surface area contributed by atoms with Gasteiger partial charge in [0.25, 0.3) is 0 Å². The first-order chi connectivity index (χ1) is 11.3. The summed E-state index contributed by atoms with van der Waals surface area (Å²) in [5, 5.41) is 9.17. The van der Waals surface area contributed by atoms with E-state index in [1.54, 1.807) is 22.7 Å². The molecule has 118 valence electrons. The molecule has 0 bridgehead atoms. The molecule has 0 atom stereocenters. The van der Waals surface area contributed by atoms with Gasteiger partial charge in [-0.05, 0) is 30.4 Å². The standard InChI is InChI=1S/C18H19N3S2/c1-3-15(14-9-6-5-7-10-14)20-21-16(17-11-8-12-22-17)13-23-18(21)19-4-2/h5-13H,3-4H2,1-2H3. The van der Waals surface area contributed by atoms with E-state index in [1.807, 2.05) is 10.7 Å². The molecule has 0 aliphatic carbocycles. The molecule has 0 aliphatic heterocycles. The zero-order valence-corrected chi connectivity index (χ0v) is 14.9. The highest BCUT2D eigenvalue weighted by Gasteiger charge is 2.10. The molecule has 0 radical (unpaired) electrons. The molecule has 0 aliphatic rings. The monoisotopic (exact) mass is 341 g/mol. The molecule has 0 saturated heterocycles. The van der Waals surface area contributed by atoms with Gasteiger partial charge in [-0.2, -0.15) is 5.10 Å². The number of benzene rings is 1. The van der Waals surface area contributed by atoms with Gasteiger partial charge in [0.15, 0.2) is 0 Å². The van der Waals surface area contributed by atoms with Gasteiger partial charge in [0.2, 0.25) is 4.80 Å². The SMILES string of the molecule is CCN=c1scc(-c2cccs2)n1N=C(CC)c1ccccc1. The molecule has 0 saturated carbocycles. The van der Waals surface area contributed by atoms with Crippen LogP contribution in [0.4, 0.5) is 0 Å². The first kappa shape index (κ1) is 15.9. The minimum atomic E-state index is 0.757. The molecule has 3 nitrogen and oxygen atoms in total. The van der Waals surface area contributed by atoms with Crippen molar-refractivity contribution in [2.75, 3.05) is 6.54 Å². The van der Waals surface area contributed by atoms with Crippen LogP contribution >= 0.6 is 22.7 Å². The molecule has 2 heterocycles. The fourth-order valence-electron chi connectivity index (χ4n) is 2.32. The summed E-state index contributed by atoms with van der Waals surface area (Å²) in [7, 11) is 0. The summed E-state index contributed by atoms with van der Waals surface area (Å²) in [4.78, 5) is 6.75. The van der Waals surface area contributed by atoms with Gasteiger partial charge in [-0.3, -0.25) is 4.99 Å². The topological polar surface area (TPSA) is 29.6 Å². The van der Waals surface area contributed by atoms with Crippen molar-refractivity contribution in [1.82, 2.24) is 4.68 Å². The van der Waals surface area contributed by atoms with Crippen LogP contribution in [-0.4, -0.2) is 16.9 Å². The Morgan fingerprint density at radius 2 is 1.87 bits per heavy atom. The molecule has 0 fully saturated rings. The summed E-state index contributed by atoms with van der Waals surface area (Å²) in [5.74, 6) is 0. The summed E-state index contributed by atoms with van der Waals surface area (Å²) in [6.07, 6.45) is 0.877. The molecule has 3 rings (SSSR count). The summed E-state index contributed by atoms with van der Waals surface area (Å²) in [5.41, 5.74) is 3.34. The second-order valence-corrected chi connectivity index (χ2v) is 6.72. The molecule has 0 N–H and O–H groups in total. The van der Waals surface area contributed by atoms with Crippen LogP contribution in [0.15, 0.2) is 63.3 Å². The van der Waals surface area contributed by atoms with E-state index in [4.69, 9.17) is 5.10 Å². The van der Waals surface area contributed by atoms with Crippen LogP contribution < -0.4 is 4.80 Å². The Balaban J connectivity index is 2.16. The Morgan fingerprint density at radius 3 is 2.52 bits per heavy atom. The molecule has 2 aromatic heterocycles. The highest BCUT2D eigenvalue weighted by Crippen LogP contribution is 2.25. The maximum atomic E-state index is 4.94. The number of aromatic nitrogens is 1. The highest BCUT2D eigenvalue weighted by atomic mass is 32.1. The zero-order chi connectivity index (χ0) is 16.1. The number of hydrogen-bond acceptors (Lipinski definition) is 4. The quantitative estimate of drug-likeness (QED) is 0.593. The van der Waals surface area contributed by atoms with E-state index >= 15 is 0 Å². The lowest BCUT2D eigenvalue weighted by Crippen LogP contribution is -2.15. The lowest BCUT2D eigenvalue weighted by molar-refractivity contribution is 0.825. The van der Waals surface area contributed by atoms with Crippen LogP contribution in [0, 0.1) is 0 Å². The van der Waals surface area contributed by atoms with Crippen molar-refractivity contribution in [3.8, 4) is 10.6 Å². The van der Waals surface area contributed by atoms with Gasteiger partial charge in [0.1, 0.15) is 0 Å². The van der Waals surface area contributed by atoms with Gasteiger partial charge in [-0.25, -0.2) is 4.68 Å². The first-order valence-electron chi connectivity index (χ1n) is 7.71. The summed E-state index contributed by atoms with van der Waals surface area (Å²) in [6.45, 7) is 4.95. The highest BCUT2D eigenvalue weighted by molar-refractivity contribution is 7.14. The van der Waals surface area contributed by atoms with Crippen molar-refractivity contribution in [2.45, 2.75) is 20.3 Å². The Morgan fingerprint density at radius 1 is 1.04 bits per heavy atom. The third kappa shape index (κ3) is 3.51. The van der Waals surface area contributed by atoms with E-state index in [1.165, 1.54) is 4.88 Å². The molecular weight excluding hydrogens is 322 g/mol. The lowest BCUT2D eigenvalue weighted by Gasteiger charge is -2.07. The van der Waals surface area contributed by atoms with Gasteiger partial charge in [-0.15, -0.1) is 22.7 Å². The largest absolute Gasteiger partial charge is 0.258 e. The Labute approximate surface area is 144 Å². The number of rotatable bonds is 5. The van der Waals surface area contributed by atoms with E-state index in [9.17, 15) is 0 Å². The predicted octanol–water partition coefficient (Wildman–Crippen LogP) is 4.86. The summed E-state index contributed by atoms with van der Waals surface area (Å²) in [6, 6.07) is 14.5. The summed E-state index contributed by atoms with van der Waals surface area (Å²) >= 11 is 3.37. The van der Waals surface area contributed by atoms with Gasteiger partial charge >= 0.3 is 0 Å². The number of hydrogen-bond donors (Lipinski definition) is 0. The van der Waals surface area contributed by atoms with E-state index in [0.717, 1.165) is 34.7 Å². The molecule has 1 aromatic carbocycles. The second kappa shape index (κ2) is 7.53. The molecule has 0 spiro atoms. The first-order valence-corrected chi connectivity index (χ1v) is 9.47. The second-order valence-electron chi connectivity index (χ2n) is 4.93. The minimum absolute atomic E-state index is 0.757. The van der Waals surface area contributed by atoms with Crippen LogP contribution in [0.3, 0.4) is 0 Å². The van der Waals surface area contributed by atoms with Crippen molar-refractivity contribution < 1.29 is 0 Å². The molecule has 5 heteroatoms. The van der Waals surface area contributed by atoms with Crippen molar-refractivity contribution >= 4 is 28.4 Å². The Hall–Kier alpha value is -1.98. The lowest BCUT2D eigenvalue weighted by atomic mass is 10.1. The number of thiazole rings is 1. The zero-order valence-electron chi connectivity index (χ0n) is 13.3. The van der Waals surface area contributed by atoms with Gasteiger partial charge in [0.05, 0.1) is 16.3 Å². The summed E-state index contributed by atoms with van der Waals surface area (Å²) < 4.78 is 1.99. The molecule has 3 aromatic rings. The maximum Gasteiger partial charge on any atom is 0.206 e. The minimum Gasteiger partial charge on any atom is -0.258 e. The number of nitrogens with zero attached hydrogens (tertiary/aromatic N) is 3. The van der Waals surface area contributed by atoms with E-state index in [-0.39, 0.29) is 0 Å². The average Bonchev–Trinajstić information content (AvgIpc) is 3.23. The van der Waals surface area contributed by atoms with Crippen LogP contribution in [0.5, 0.6) is 0 Å². The maximum absolute atomic E-state index is 4.94. The molecular formula is C18H19N3S2. The van der Waals surface area contributed by atoms with Crippen molar-refractivity contribution in [2.24, 2.45) is 10.1 Å². The van der Waals surface area contributed by atoms with Gasteiger partial charge in [0, 0.05) is 11.9 Å². The Bertz CT molecular complexity index is 840. The van der Waals surface area contributed by atoms with E-state index in [0.29, 0.717) is 0 Å². The molecule has 0 amide bonds. The van der Waals surface area contributed by atoms with Crippen molar-refractivity contribution in [3.05, 3.63) is 63.6 Å². The van der Waals surface area contributed by atoms with Gasteiger partial charge < -0.3 is 0 Å². The fourth-order valence-corrected chi connectivity index (χ4v) is 4.01. The molecule has 0 unspecified atom stereocenters. The van der Waals surface area contributed by atoms with E-state index in [2.05, 4.69) is 66.0 Å². The fraction of sp³-hybridized carbons (Fsp3) is 0.222. The average molecular weight is 342 g/mol. The smallest absolute Gasteiger partial charge is 0.206 e. The van der Waals surface area contributed by atoms with Crippen LogP contribution in [0.25, 0.3) is 10.6 Å². The Kier molecular flexibility index (Phi) is 5.20. The third-order valence-electron chi connectivity index (χ3n) is 3.41. The number of thiophene rings is 1. The van der Waals surface area contributed by atoms with Crippen LogP contribution in [-0.2, 0) is 0 Å².